The van der Waals surface area contributed by atoms with Crippen LogP contribution in [0.25, 0.3) is 16.6 Å². The molecule has 150 valence electrons. The summed E-state index contributed by atoms with van der Waals surface area (Å²) in [4.78, 5) is 25.9. The first-order valence-electron chi connectivity index (χ1n) is 9.87. The molecule has 0 aliphatic rings. The predicted molar refractivity (Wildman–Crippen MR) is 111 cm³/mol. The van der Waals surface area contributed by atoms with Gasteiger partial charge in [-0.2, -0.15) is 5.10 Å². The predicted octanol–water partition coefficient (Wildman–Crippen LogP) is 3.38. The van der Waals surface area contributed by atoms with Gasteiger partial charge < -0.3 is 9.73 Å². The first-order valence-corrected chi connectivity index (χ1v) is 9.87. The van der Waals surface area contributed by atoms with Crippen molar-refractivity contribution in [2.45, 2.75) is 46.2 Å². The van der Waals surface area contributed by atoms with Crippen molar-refractivity contribution in [3.05, 3.63) is 70.0 Å². The van der Waals surface area contributed by atoms with Crippen LogP contribution in [0.3, 0.4) is 0 Å². The van der Waals surface area contributed by atoms with Crippen molar-refractivity contribution in [3.63, 3.8) is 0 Å². The lowest BCUT2D eigenvalue weighted by Gasteiger charge is -2.18. The molecule has 0 radical (unpaired) electrons. The van der Waals surface area contributed by atoms with Gasteiger partial charge >= 0.3 is 0 Å². The molecule has 1 aromatic carbocycles. The number of aromatic nitrogens is 3. The van der Waals surface area contributed by atoms with E-state index in [0.29, 0.717) is 29.9 Å². The van der Waals surface area contributed by atoms with Crippen LogP contribution in [0.5, 0.6) is 0 Å². The molecule has 0 bridgehead atoms. The number of nitrogens with zero attached hydrogens (tertiary/aromatic N) is 3. The van der Waals surface area contributed by atoms with E-state index < -0.39 is 6.04 Å². The van der Waals surface area contributed by atoms with Crippen LogP contribution in [0, 0.1) is 6.92 Å². The third kappa shape index (κ3) is 3.33. The number of benzene rings is 1. The minimum absolute atomic E-state index is 0.222. The molecule has 1 atom stereocenters. The van der Waals surface area contributed by atoms with Crippen LogP contribution in [0.4, 0.5) is 0 Å². The Kier molecular flexibility index (Phi) is 4.96. The van der Waals surface area contributed by atoms with E-state index in [2.05, 4.69) is 29.5 Å². The van der Waals surface area contributed by atoms with Gasteiger partial charge in [-0.05, 0) is 30.9 Å². The molecule has 0 fully saturated rings. The van der Waals surface area contributed by atoms with E-state index in [4.69, 9.17) is 4.42 Å². The van der Waals surface area contributed by atoms with Crippen molar-refractivity contribution in [1.82, 2.24) is 19.5 Å². The van der Waals surface area contributed by atoms with Crippen molar-refractivity contribution >= 4 is 22.5 Å². The molecule has 0 unspecified atom stereocenters. The molecule has 1 N–H and O–H groups in total. The van der Waals surface area contributed by atoms with Gasteiger partial charge in [0.15, 0.2) is 5.58 Å². The maximum absolute atomic E-state index is 13.1. The summed E-state index contributed by atoms with van der Waals surface area (Å²) in [7, 11) is 0. The molecule has 1 amide bonds. The summed E-state index contributed by atoms with van der Waals surface area (Å²) < 4.78 is 8.47. The summed E-state index contributed by atoms with van der Waals surface area (Å²) >= 11 is 0. The number of nitrogens with one attached hydrogen (secondary N) is 1. The lowest BCUT2D eigenvalue weighted by atomic mass is 10.1. The molecular weight excluding hydrogens is 368 g/mol. The van der Waals surface area contributed by atoms with E-state index in [1.54, 1.807) is 22.8 Å². The summed E-state index contributed by atoms with van der Waals surface area (Å²) in [6.07, 6.45) is 3.02. The molecule has 4 aromatic rings. The Labute approximate surface area is 167 Å². The van der Waals surface area contributed by atoms with Crippen LogP contribution >= 0.6 is 0 Å². The zero-order valence-electron chi connectivity index (χ0n) is 16.8. The fourth-order valence-electron chi connectivity index (χ4n) is 3.68. The quantitative estimate of drug-likeness (QED) is 0.545. The molecule has 0 aliphatic heterocycles. The first kappa shape index (κ1) is 19.0. The number of carbonyl (C=O) groups is 1. The lowest BCUT2D eigenvalue weighted by Crippen LogP contribution is -2.39. The normalized spacial score (nSPS) is 12.5. The number of rotatable bonds is 6. The zero-order valence-corrected chi connectivity index (χ0v) is 16.8. The fourth-order valence-corrected chi connectivity index (χ4v) is 3.68. The van der Waals surface area contributed by atoms with Gasteiger partial charge in [-0.15, -0.1) is 0 Å². The molecule has 0 saturated heterocycles. The van der Waals surface area contributed by atoms with E-state index in [1.165, 1.54) is 10.2 Å². The van der Waals surface area contributed by atoms with Crippen molar-refractivity contribution < 1.29 is 9.21 Å². The molecule has 4 rings (SSSR count). The van der Waals surface area contributed by atoms with Crippen LogP contribution < -0.4 is 10.9 Å². The van der Waals surface area contributed by atoms with Crippen LogP contribution in [-0.4, -0.2) is 20.1 Å². The summed E-state index contributed by atoms with van der Waals surface area (Å²) in [5.74, 6) is 0.401. The topological polar surface area (TPSA) is 81.5 Å². The molecule has 0 aliphatic carbocycles. The molecule has 0 saturated carbocycles. The summed E-state index contributed by atoms with van der Waals surface area (Å²) in [5, 5.41) is 7.38. The van der Waals surface area contributed by atoms with Crippen LogP contribution in [0.15, 0.2) is 51.9 Å². The number of amides is 1. The standard InChI is InChI=1S/C22H24N4O3/c1-4-15-6-8-16(9-7-15)13-23-21(27)17(5-2)26-22(28)19-12-20-18(10-11-29-20)25(19)14(3)24-26/h6-12,17H,4-5,13H2,1-3H3,(H,23,27)/t17-/m1/s1. The second-order valence-corrected chi connectivity index (χ2v) is 7.14. The van der Waals surface area contributed by atoms with E-state index in [-0.39, 0.29) is 11.5 Å². The Hall–Kier alpha value is -3.35. The average molecular weight is 392 g/mol. The van der Waals surface area contributed by atoms with Crippen molar-refractivity contribution in [1.29, 1.82) is 0 Å². The summed E-state index contributed by atoms with van der Waals surface area (Å²) in [6, 6.07) is 11.0. The van der Waals surface area contributed by atoms with Gasteiger partial charge in [0.2, 0.25) is 5.91 Å². The maximum Gasteiger partial charge on any atom is 0.291 e. The number of fused-ring (bicyclic) bond motifs is 3. The fraction of sp³-hybridized carbons (Fsp3) is 0.318. The molecule has 3 heterocycles. The summed E-state index contributed by atoms with van der Waals surface area (Å²) in [5.41, 5.74) is 3.83. The maximum atomic E-state index is 13.1. The van der Waals surface area contributed by atoms with Crippen LogP contribution in [-0.2, 0) is 17.8 Å². The number of carbonyl (C=O) groups excluding carboxylic acids is 1. The minimum Gasteiger partial charge on any atom is -0.463 e. The lowest BCUT2D eigenvalue weighted by molar-refractivity contribution is -0.125. The highest BCUT2D eigenvalue weighted by Gasteiger charge is 2.23. The van der Waals surface area contributed by atoms with Crippen molar-refractivity contribution in [2.75, 3.05) is 0 Å². The number of furan rings is 1. The Balaban J connectivity index is 1.62. The van der Waals surface area contributed by atoms with Gasteiger partial charge in [-0.1, -0.05) is 38.1 Å². The van der Waals surface area contributed by atoms with E-state index in [0.717, 1.165) is 17.5 Å². The number of hydrogen-bond acceptors (Lipinski definition) is 4. The Morgan fingerprint density at radius 3 is 2.55 bits per heavy atom. The average Bonchev–Trinajstić information content (AvgIpc) is 3.32. The summed E-state index contributed by atoms with van der Waals surface area (Å²) in [6.45, 7) is 6.20. The molecule has 29 heavy (non-hydrogen) atoms. The van der Waals surface area contributed by atoms with Crippen LogP contribution in [0.1, 0.15) is 43.3 Å². The Morgan fingerprint density at radius 2 is 1.86 bits per heavy atom. The number of hydrogen-bond donors (Lipinski definition) is 1. The van der Waals surface area contributed by atoms with Gasteiger partial charge in [0.05, 0.1) is 11.8 Å². The molecule has 0 spiro atoms. The Morgan fingerprint density at radius 1 is 1.14 bits per heavy atom. The second kappa shape index (κ2) is 7.58. The smallest absolute Gasteiger partial charge is 0.291 e. The third-order valence-electron chi connectivity index (χ3n) is 5.31. The van der Waals surface area contributed by atoms with Gasteiger partial charge in [0.25, 0.3) is 5.56 Å². The van der Waals surface area contributed by atoms with E-state index in [1.807, 2.05) is 26.0 Å². The van der Waals surface area contributed by atoms with Crippen molar-refractivity contribution in [3.8, 4) is 0 Å². The molecule has 7 nitrogen and oxygen atoms in total. The second-order valence-electron chi connectivity index (χ2n) is 7.14. The molecule has 7 heteroatoms. The monoisotopic (exact) mass is 392 g/mol. The van der Waals surface area contributed by atoms with Gasteiger partial charge in [0, 0.05) is 18.7 Å². The first-order chi connectivity index (χ1) is 14.0. The molecular formula is C22H24N4O3. The van der Waals surface area contributed by atoms with Crippen LogP contribution in [0.2, 0.25) is 0 Å². The largest absolute Gasteiger partial charge is 0.463 e. The SMILES string of the molecule is CCc1ccc(CNC(=O)[C@@H](CC)n2nc(C)n3c(cc4occc43)c2=O)cc1. The highest BCUT2D eigenvalue weighted by Crippen LogP contribution is 2.21. The van der Waals surface area contributed by atoms with Crippen molar-refractivity contribution in [2.24, 2.45) is 0 Å². The highest BCUT2D eigenvalue weighted by atomic mass is 16.3. The van der Waals surface area contributed by atoms with Gasteiger partial charge in [-0.25, -0.2) is 4.68 Å². The third-order valence-corrected chi connectivity index (χ3v) is 5.31. The van der Waals surface area contributed by atoms with E-state index in [9.17, 15) is 9.59 Å². The van der Waals surface area contributed by atoms with E-state index >= 15 is 0 Å². The highest BCUT2D eigenvalue weighted by molar-refractivity contribution is 5.83. The zero-order chi connectivity index (χ0) is 20.5. The van der Waals surface area contributed by atoms with Gasteiger partial charge in [0.1, 0.15) is 17.4 Å². The minimum atomic E-state index is -0.678. The van der Waals surface area contributed by atoms with Gasteiger partial charge in [-0.3, -0.25) is 14.0 Å². The Bertz CT molecular complexity index is 1230. The number of aryl methyl sites for hydroxylation is 2. The molecule has 3 aromatic heterocycles.